The van der Waals surface area contributed by atoms with Crippen LogP contribution in [0.1, 0.15) is 118 Å². The highest BCUT2D eigenvalue weighted by atomic mass is 16.5. The van der Waals surface area contributed by atoms with Gasteiger partial charge in [-0.25, -0.2) is 0 Å². The highest BCUT2D eigenvalue weighted by molar-refractivity contribution is 5.95. The van der Waals surface area contributed by atoms with Crippen molar-refractivity contribution in [3.63, 3.8) is 0 Å². The Labute approximate surface area is 260 Å². The van der Waals surface area contributed by atoms with Gasteiger partial charge in [0.15, 0.2) is 5.78 Å². The number of ether oxygens (including phenoxy) is 1. The Morgan fingerprint density at radius 1 is 0.907 bits per heavy atom. The van der Waals surface area contributed by atoms with Gasteiger partial charge in [-0.2, -0.15) is 0 Å². The van der Waals surface area contributed by atoms with Gasteiger partial charge in [0.25, 0.3) is 0 Å². The van der Waals surface area contributed by atoms with E-state index >= 15 is 0 Å². The number of aliphatic hydroxyl groups is 1. The molecular formula is C39H56O4. The SMILES string of the molecule is CC1(C)C2CC[C@]3(C)C(C(=O)C=C4C5C[C@@](C)(C(=O)OCCCc6ccccc6)CC[C@]5(C)CC[C@]43C)[C@@]2(C)CC[C@@H]1O. The Morgan fingerprint density at radius 2 is 1.60 bits per heavy atom. The molecule has 4 saturated carbocycles. The molecule has 4 heteroatoms. The van der Waals surface area contributed by atoms with Crippen LogP contribution in [0, 0.1) is 50.2 Å². The minimum atomic E-state index is -0.524. The smallest absolute Gasteiger partial charge is 0.311 e. The Hall–Kier alpha value is -1.94. The van der Waals surface area contributed by atoms with Gasteiger partial charge in [0.2, 0.25) is 0 Å². The molecule has 6 rings (SSSR count). The summed E-state index contributed by atoms with van der Waals surface area (Å²) >= 11 is 0. The van der Waals surface area contributed by atoms with E-state index in [1.165, 1.54) is 11.1 Å². The maximum Gasteiger partial charge on any atom is 0.311 e. The van der Waals surface area contributed by atoms with Crippen molar-refractivity contribution in [3.05, 3.63) is 47.5 Å². The van der Waals surface area contributed by atoms with Crippen molar-refractivity contribution >= 4 is 11.8 Å². The Bertz CT molecular complexity index is 1300. The number of hydrogen-bond donors (Lipinski definition) is 1. The van der Waals surface area contributed by atoms with Gasteiger partial charge in [0, 0.05) is 5.92 Å². The molecule has 3 unspecified atom stereocenters. The summed E-state index contributed by atoms with van der Waals surface area (Å²) in [5.74, 6) is 0.798. The molecule has 0 saturated heterocycles. The summed E-state index contributed by atoms with van der Waals surface area (Å²) in [7, 11) is 0. The van der Waals surface area contributed by atoms with E-state index in [0.29, 0.717) is 18.3 Å². The van der Waals surface area contributed by atoms with Gasteiger partial charge in [-0.05, 0) is 128 Å². The number of benzene rings is 1. The first kappa shape index (κ1) is 31.1. The van der Waals surface area contributed by atoms with Crippen LogP contribution in [0.15, 0.2) is 42.0 Å². The minimum absolute atomic E-state index is 0.0202. The molecule has 1 aromatic carbocycles. The fraction of sp³-hybridized carbons (Fsp3) is 0.744. The third kappa shape index (κ3) is 4.54. The van der Waals surface area contributed by atoms with Crippen molar-refractivity contribution in [1.29, 1.82) is 0 Å². The second-order valence-corrected chi connectivity index (χ2v) is 17.4. The number of esters is 1. The molecule has 0 aromatic heterocycles. The van der Waals surface area contributed by atoms with Crippen molar-refractivity contribution in [2.45, 2.75) is 125 Å². The van der Waals surface area contributed by atoms with E-state index in [0.717, 1.165) is 70.6 Å². The average Bonchev–Trinajstić information content (AvgIpc) is 2.96. The predicted molar refractivity (Wildman–Crippen MR) is 171 cm³/mol. The zero-order valence-corrected chi connectivity index (χ0v) is 27.9. The lowest BCUT2D eigenvalue weighted by molar-refractivity contribution is -0.202. The predicted octanol–water partition coefficient (Wildman–Crippen LogP) is 8.50. The lowest BCUT2D eigenvalue weighted by atomic mass is 9.33. The average molecular weight is 589 g/mol. The molecular weight excluding hydrogens is 532 g/mol. The number of ketones is 1. The van der Waals surface area contributed by atoms with E-state index < -0.39 is 5.41 Å². The van der Waals surface area contributed by atoms with Crippen molar-refractivity contribution in [3.8, 4) is 0 Å². The molecule has 9 atom stereocenters. The molecule has 1 N–H and O–H groups in total. The van der Waals surface area contributed by atoms with Crippen LogP contribution in [0.25, 0.3) is 0 Å². The second-order valence-electron chi connectivity index (χ2n) is 17.4. The molecule has 0 spiro atoms. The van der Waals surface area contributed by atoms with Crippen LogP contribution >= 0.6 is 0 Å². The molecule has 4 fully saturated rings. The van der Waals surface area contributed by atoms with Gasteiger partial charge in [-0.3, -0.25) is 9.59 Å². The van der Waals surface area contributed by atoms with E-state index in [1.807, 2.05) is 6.07 Å². The first-order chi connectivity index (χ1) is 20.1. The van der Waals surface area contributed by atoms with E-state index in [2.05, 4.69) is 78.8 Å². The zero-order chi connectivity index (χ0) is 31.1. The Kier molecular flexibility index (Phi) is 7.43. The molecule has 0 heterocycles. The van der Waals surface area contributed by atoms with Gasteiger partial charge >= 0.3 is 5.97 Å². The van der Waals surface area contributed by atoms with Crippen molar-refractivity contribution in [2.24, 2.45) is 50.2 Å². The number of aryl methyl sites for hydroxylation is 1. The van der Waals surface area contributed by atoms with Gasteiger partial charge in [-0.15, -0.1) is 0 Å². The lowest BCUT2D eigenvalue weighted by Gasteiger charge is -2.70. The fourth-order valence-electron chi connectivity index (χ4n) is 11.6. The number of aliphatic hydroxyl groups excluding tert-OH is 1. The third-order valence-corrected chi connectivity index (χ3v) is 14.7. The van der Waals surface area contributed by atoms with Crippen LogP contribution < -0.4 is 0 Å². The first-order valence-corrected chi connectivity index (χ1v) is 17.3. The van der Waals surface area contributed by atoms with Crippen LogP contribution in [-0.2, 0) is 20.7 Å². The third-order valence-electron chi connectivity index (χ3n) is 14.7. The summed E-state index contributed by atoms with van der Waals surface area (Å²) in [6.45, 7) is 16.7. The maximum atomic E-state index is 14.5. The van der Waals surface area contributed by atoms with Crippen molar-refractivity contribution in [2.75, 3.05) is 6.61 Å². The summed E-state index contributed by atoms with van der Waals surface area (Å²) in [6, 6.07) is 10.4. The molecule has 5 aliphatic rings. The van der Waals surface area contributed by atoms with E-state index in [9.17, 15) is 14.7 Å². The van der Waals surface area contributed by atoms with Crippen LogP contribution in [0.2, 0.25) is 0 Å². The monoisotopic (exact) mass is 588 g/mol. The molecule has 5 aliphatic carbocycles. The minimum Gasteiger partial charge on any atom is -0.465 e. The fourth-order valence-corrected chi connectivity index (χ4v) is 11.6. The lowest BCUT2D eigenvalue weighted by Crippen LogP contribution is -2.66. The molecule has 0 bridgehead atoms. The number of carbonyl (C=O) groups excluding carboxylic acids is 2. The molecule has 0 radical (unpaired) electrons. The maximum absolute atomic E-state index is 14.5. The standard InChI is InChI=1S/C39H56O4/c1-34(2)30-15-18-39(7)32(37(30,5)17-16-31(34)41)29(40)24-27-28-25-36(4,20-19-35(28,3)21-22-38(27,39)6)33(42)43-23-11-14-26-12-9-8-10-13-26/h8-10,12-13,24,28,30-32,41H,11,14-23,25H2,1-7H3/t28?,30?,31-,32?,35+,36-,37-,38+,39+/m0/s1. The summed E-state index contributed by atoms with van der Waals surface area (Å²) in [5.41, 5.74) is 1.72. The van der Waals surface area contributed by atoms with Crippen LogP contribution in [0.4, 0.5) is 0 Å². The largest absolute Gasteiger partial charge is 0.465 e. The van der Waals surface area contributed by atoms with Crippen LogP contribution in [0.3, 0.4) is 0 Å². The molecule has 236 valence electrons. The number of rotatable bonds is 5. The second kappa shape index (κ2) is 10.3. The zero-order valence-electron chi connectivity index (χ0n) is 27.9. The van der Waals surface area contributed by atoms with Gasteiger partial charge in [0.05, 0.1) is 18.1 Å². The van der Waals surface area contributed by atoms with Crippen LogP contribution in [0.5, 0.6) is 0 Å². The number of carbonyl (C=O) groups is 2. The highest BCUT2D eigenvalue weighted by Gasteiger charge is 2.70. The number of allylic oxidation sites excluding steroid dienone is 2. The molecule has 43 heavy (non-hydrogen) atoms. The summed E-state index contributed by atoms with van der Waals surface area (Å²) in [4.78, 5) is 28.2. The topological polar surface area (TPSA) is 63.6 Å². The van der Waals surface area contributed by atoms with E-state index in [1.54, 1.807) is 0 Å². The van der Waals surface area contributed by atoms with Crippen molar-refractivity contribution in [1.82, 2.24) is 0 Å². The van der Waals surface area contributed by atoms with Gasteiger partial charge < -0.3 is 9.84 Å². The molecule has 0 amide bonds. The summed E-state index contributed by atoms with van der Waals surface area (Å²) in [6.07, 6.45) is 12.2. The normalized spacial score (nSPS) is 45.1. The number of fused-ring (bicyclic) bond motifs is 7. The van der Waals surface area contributed by atoms with Gasteiger partial charge in [0.1, 0.15) is 0 Å². The Morgan fingerprint density at radius 3 is 2.33 bits per heavy atom. The van der Waals surface area contributed by atoms with E-state index in [4.69, 9.17) is 4.74 Å². The number of hydrogen-bond acceptors (Lipinski definition) is 4. The Balaban J connectivity index is 1.26. The summed E-state index contributed by atoms with van der Waals surface area (Å²) in [5, 5.41) is 11.0. The molecule has 4 nitrogen and oxygen atoms in total. The summed E-state index contributed by atoms with van der Waals surface area (Å²) < 4.78 is 5.96. The van der Waals surface area contributed by atoms with Crippen molar-refractivity contribution < 1.29 is 19.4 Å². The first-order valence-electron chi connectivity index (χ1n) is 17.3. The van der Waals surface area contributed by atoms with Crippen LogP contribution in [-0.4, -0.2) is 29.6 Å². The van der Waals surface area contributed by atoms with Gasteiger partial charge in [-0.1, -0.05) is 77.4 Å². The molecule has 0 aliphatic heterocycles. The molecule has 1 aromatic rings. The highest BCUT2D eigenvalue weighted by Crippen LogP contribution is 2.75. The quantitative estimate of drug-likeness (QED) is 0.277. The van der Waals surface area contributed by atoms with E-state index in [-0.39, 0.29) is 51.0 Å².